The summed E-state index contributed by atoms with van der Waals surface area (Å²) in [7, 11) is 1.61. The van der Waals surface area contributed by atoms with Crippen LogP contribution in [0.25, 0.3) is 10.2 Å². The summed E-state index contributed by atoms with van der Waals surface area (Å²) in [6, 6.07) is 3.93. The van der Waals surface area contributed by atoms with Crippen molar-refractivity contribution in [2.45, 2.75) is 25.9 Å². The van der Waals surface area contributed by atoms with Gasteiger partial charge in [0, 0.05) is 25.9 Å². The number of ether oxygens (including phenoxy) is 1. The van der Waals surface area contributed by atoms with Gasteiger partial charge < -0.3 is 10.1 Å². The van der Waals surface area contributed by atoms with Crippen LogP contribution in [0.3, 0.4) is 0 Å². The van der Waals surface area contributed by atoms with Gasteiger partial charge in [0.2, 0.25) is 5.91 Å². The Morgan fingerprint density at radius 2 is 2.29 bits per heavy atom. The lowest BCUT2D eigenvalue weighted by atomic mass is 10.1. The number of amides is 1. The zero-order valence-electron chi connectivity index (χ0n) is 12.6. The molecular weight excluding hydrogens is 286 g/mol. The molecule has 0 bridgehead atoms. The topological polar surface area (TPSA) is 63.2 Å². The van der Waals surface area contributed by atoms with Crippen molar-refractivity contribution in [2.24, 2.45) is 0 Å². The molecule has 0 aromatic carbocycles. The highest BCUT2D eigenvalue weighted by Gasteiger charge is 2.16. The van der Waals surface area contributed by atoms with Crippen molar-refractivity contribution < 1.29 is 9.53 Å². The number of aromatic nitrogens is 1. The SMILES string of the molecule is COCCNC(=O)C(C)NC(C)c1cnc2ccsc2c1. The fourth-order valence-corrected chi connectivity index (χ4v) is 2.86. The van der Waals surface area contributed by atoms with Crippen molar-refractivity contribution in [1.29, 1.82) is 0 Å². The molecule has 0 aliphatic carbocycles. The van der Waals surface area contributed by atoms with Gasteiger partial charge in [-0.1, -0.05) is 0 Å². The molecule has 114 valence electrons. The van der Waals surface area contributed by atoms with Crippen LogP contribution >= 0.6 is 11.3 Å². The maximum atomic E-state index is 11.9. The Morgan fingerprint density at radius 3 is 3.05 bits per heavy atom. The number of carbonyl (C=O) groups excluding carboxylic acids is 1. The Bertz CT molecular complexity index is 599. The molecule has 6 heteroatoms. The summed E-state index contributed by atoms with van der Waals surface area (Å²) in [5.74, 6) is -0.0240. The number of pyridine rings is 1. The van der Waals surface area contributed by atoms with Crippen LogP contribution in [0, 0.1) is 0 Å². The van der Waals surface area contributed by atoms with Gasteiger partial charge >= 0.3 is 0 Å². The lowest BCUT2D eigenvalue weighted by Gasteiger charge is -2.19. The molecule has 0 radical (unpaired) electrons. The molecule has 2 rings (SSSR count). The Morgan fingerprint density at radius 1 is 1.48 bits per heavy atom. The Hall–Kier alpha value is -1.50. The summed E-state index contributed by atoms with van der Waals surface area (Å²) >= 11 is 1.67. The highest BCUT2D eigenvalue weighted by molar-refractivity contribution is 7.17. The molecule has 0 aliphatic heterocycles. The molecule has 2 N–H and O–H groups in total. The van der Waals surface area contributed by atoms with Crippen LogP contribution in [0.15, 0.2) is 23.7 Å². The normalized spacial score (nSPS) is 14.0. The molecule has 5 nitrogen and oxygen atoms in total. The minimum Gasteiger partial charge on any atom is -0.383 e. The number of hydrogen-bond donors (Lipinski definition) is 2. The standard InChI is InChI=1S/C15H21N3O2S/c1-10(18-11(2)15(19)16-5-6-20-3)12-8-14-13(17-9-12)4-7-21-14/h4,7-11,18H,5-6H2,1-3H3,(H,16,19). The summed E-state index contributed by atoms with van der Waals surface area (Å²) < 4.78 is 6.08. The summed E-state index contributed by atoms with van der Waals surface area (Å²) in [5.41, 5.74) is 2.10. The van der Waals surface area contributed by atoms with Crippen LogP contribution in [-0.4, -0.2) is 37.2 Å². The molecule has 2 heterocycles. The summed E-state index contributed by atoms with van der Waals surface area (Å²) in [6.45, 7) is 4.94. The number of fused-ring (bicyclic) bond motifs is 1. The highest BCUT2D eigenvalue weighted by Crippen LogP contribution is 2.22. The monoisotopic (exact) mass is 307 g/mol. The Labute approximate surface area is 128 Å². The number of carbonyl (C=O) groups is 1. The largest absolute Gasteiger partial charge is 0.383 e. The van der Waals surface area contributed by atoms with Crippen LogP contribution in [0.1, 0.15) is 25.5 Å². The lowest BCUT2D eigenvalue weighted by molar-refractivity contribution is -0.123. The van der Waals surface area contributed by atoms with E-state index in [1.165, 1.54) is 4.70 Å². The van der Waals surface area contributed by atoms with Crippen molar-refractivity contribution in [2.75, 3.05) is 20.3 Å². The minimum absolute atomic E-state index is 0.0240. The van der Waals surface area contributed by atoms with E-state index in [9.17, 15) is 4.79 Å². The predicted octanol–water partition coefficient (Wildman–Crippen LogP) is 2.10. The summed E-state index contributed by atoms with van der Waals surface area (Å²) in [4.78, 5) is 16.3. The molecule has 2 aromatic rings. The lowest BCUT2D eigenvalue weighted by Crippen LogP contribution is -2.44. The molecular formula is C15H21N3O2S. The van der Waals surface area contributed by atoms with Crippen LogP contribution in [0.2, 0.25) is 0 Å². The average Bonchev–Trinajstić information content (AvgIpc) is 2.94. The fraction of sp³-hybridized carbons (Fsp3) is 0.467. The van der Waals surface area contributed by atoms with E-state index in [2.05, 4.69) is 21.7 Å². The number of methoxy groups -OCH3 is 1. The van der Waals surface area contributed by atoms with Gasteiger partial charge in [-0.3, -0.25) is 15.1 Å². The zero-order valence-corrected chi connectivity index (χ0v) is 13.4. The van der Waals surface area contributed by atoms with Crippen LogP contribution in [-0.2, 0) is 9.53 Å². The first kappa shape index (κ1) is 15.9. The molecule has 2 aromatic heterocycles. The third-order valence-corrected chi connectivity index (χ3v) is 4.18. The smallest absolute Gasteiger partial charge is 0.236 e. The van der Waals surface area contributed by atoms with E-state index in [-0.39, 0.29) is 18.0 Å². The Kier molecular flexibility index (Phi) is 5.67. The molecule has 0 saturated heterocycles. The molecule has 2 atom stereocenters. The molecule has 0 spiro atoms. The molecule has 1 amide bonds. The minimum atomic E-state index is -0.268. The van der Waals surface area contributed by atoms with E-state index in [0.717, 1.165) is 11.1 Å². The number of nitrogens with one attached hydrogen (secondary N) is 2. The second-order valence-corrected chi connectivity index (χ2v) is 5.91. The molecule has 21 heavy (non-hydrogen) atoms. The van der Waals surface area contributed by atoms with Crippen molar-refractivity contribution >= 4 is 27.5 Å². The van der Waals surface area contributed by atoms with Crippen molar-refractivity contribution in [1.82, 2.24) is 15.6 Å². The maximum Gasteiger partial charge on any atom is 0.236 e. The number of rotatable bonds is 7. The van der Waals surface area contributed by atoms with Gasteiger partial charge in [0.1, 0.15) is 0 Å². The van der Waals surface area contributed by atoms with Gasteiger partial charge in [0.25, 0.3) is 0 Å². The van der Waals surface area contributed by atoms with Crippen molar-refractivity contribution in [3.8, 4) is 0 Å². The quantitative estimate of drug-likeness (QED) is 0.769. The number of hydrogen-bond acceptors (Lipinski definition) is 5. The van der Waals surface area contributed by atoms with Crippen LogP contribution in [0.4, 0.5) is 0 Å². The van der Waals surface area contributed by atoms with Crippen LogP contribution < -0.4 is 10.6 Å². The van der Waals surface area contributed by atoms with Gasteiger partial charge in [-0.05, 0) is 36.9 Å². The van der Waals surface area contributed by atoms with Gasteiger partial charge in [-0.25, -0.2) is 0 Å². The zero-order chi connectivity index (χ0) is 15.2. The van der Waals surface area contributed by atoms with E-state index in [0.29, 0.717) is 13.2 Å². The van der Waals surface area contributed by atoms with Gasteiger partial charge in [0.05, 0.1) is 22.9 Å². The first-order valence-corrected chi connectivity index (χ1v) is 7.85. The Balaban J connectivity index is 1.93. The second kappa shape index (κ2) is 7.49. The highest BCUT2D eigenvalue weighted by atomic mass is 32.1. The third kappa shape index (κ3) is 4.23. The van der Waals surface area contributed by atoms with E-state index in [1.807, 2.05) is 31.5 Å². The van der Waals surface area contributed by atoms with Crippen LogP contribution in [0.5, 0.6) is 0 Å². The number of thiophene rings is 1. The van der Waals surface area contributed by atoms with Gasteiger partial charge in [-0.15, -0.1) is 11.3 Å². The number of nitrogens with zero attached hydrogens (tertiary/aromatic N) is 1. The average molecular weight is 307 g/mol. The van der Waals surface area contributed by atoms with Crippen molar-refractivity contribution in [3.05, 3.63) is 29.3 Å². The summed E-state index contributed by atoms with van der Waals surface area (Å²) in [6.07, 6.45) is 1.86. The van der Waals surface area contributed by atoms with Crippen molar-refractivity contribution in [3.63, 3.8) is 0 Å². The van der Waals surface area contributed by atoms with E-state index >= 15 is 0 Å². The first-order chi connectivity index (χ1) is 10.1. The summed E-state index contributed by atoms with van der Waals surface area (Å²) in [5, 5.41) is 8.15. The second-order valence-electron chi connectivity index (χ2n) is 4.97. The molecule has 0 saturated carbocycles. The third-order valence-electron chi connectivity index (χ3n) is 3.32. The molecule has 0 fully saturated rings. The van der Waals surface area contributed by atoms with E-state index in [1.54, 1.807) is 18.4 Å². The first-order valence-electron chi connectivity index (χ1n) is 6.97. The van der Waals surface area contributed by atoms with E-state index in [4.69, 9.17) is 4.74 Å². The fourth-order valence-electron chi connectivity index (χ4n) is 2.07. The van der Waals surface area contributed by atoms with Gasteiger partial charge in [0.15, 0.2) is 0 Å². The maximum absolute atomic E-state index is 11.9. The molecule has 0 aliphatic rings. The molecule has 2 unspecified atom stereocenters. The van der Waals surface area contributed by atoms with Gasteiger partial charge in [-0.2, -0.15) is 0 Å². The van der Waals surface area contributed by atoms with E-state index < -0.39 is 0 Å². The predicted molar refractivity (Wildman–Crippen MR) is 85.5 cm³/mol.